The summed E-state index contributed by atoms with van der Waals surface area (Å²) in [6.07, 6.45) is 2.80. The molecule has 0 saturated heterocycles. The van der Waals surface area contributed by atoms with Gasteiger partial charge in [0.05, 0.1) is 5.56 Å². The molecule has 3 nitrogen and oxygen atoms in total. The smallest absolute Gasteiger partial charge is 0.310 e. The van der Waals surface area contributed by atoms with Crippen molar-refractivity contribution in [1.82, 2.24) is 0 Å². The van der Waals surface area contributed by atoms with E-state index >= 15 is 0 Å². The van der Waals surface area contributed by atoms with Crippen LogP contribution in [-0.4, -0.2) is 19.6 Å². The molecule has 0 spiro atoms. The van der Waals surface area contributed by atoms with Gasteiger partial charge in [0, 0.05) is 41.8 Å². The van der Waals surface area contributed by atoms with Crippen molar-refractivity contribution < 1.29 is 4.57 Å². The maximum atomic E-state index is 4.01. The number of anilines is 2. The summed E-state index contributed by atoms with van der Waals surface area (Å²) < 4.78 is 3.64. The van der Waals surface area contributed by atoms with Crippen molar-refractivity contribution in [3.63, 3.8) is 0 Å². The summed E-state index contributed by atoms with van der Waals surface area (Å²) in [5.41, 5.74) is 5.93. The fourth-order valence-electron chi connectivity index (χ4n) is 3.91. The Labute approximate surface area is 218 Å². The quantitative estimate of drug-likeness (QED) is 0.196. The van der Waals surface area contributed by atoms with Crippen LogP contribution in [0.3, 0.4) is 0 Å². The van der Waals surface area contributed by atoms with E-state index in [0.29, 0.717) is 0 Å². The SMILES string of the molecule is C=CCc1ccccc1-[n+]1c(Sc2ccccc2)sc(NC(C)(C)C)c1-c1ccc(N(C)C)cc1. The summed E-state index contributed by atoms with van der Waals surface area (Å²) in [5.74, 6) is 0. The number of thiazole rings is 1. The van der Waals surface area contributed by atoms with Crippen LogP contribution in [0.25, 0.3) is 16.9 Å². The van der Waals surface area contributed by atoms with Crippen LogP contribution < -0.4 is 14.8 Å². The largest absolute Gasteiger partial charge is 0.378 e. The van der Waals surface area contributed by atoms with Crippen LogP contribution >= 0.6 is 23.1 Å². The van der Waals surface area contributed by atoms with Gasteiger partial charge >= 0.3 is 4.34 Å². The maximum Gasteiger partial charge on any atom is 0.310 e. The van der Waals surface area contributed by atoms with Gasteiger partial charge < -0.3 is 10.2 Å². The van der Waals surface area contributed by atoms with Crippen LogP contribution in [0.2, 0.25) is 0 Å². The summed E-state index contributed by atoms with van der Waals surface area (Å²) in [6.45, 7) is 10.7. The molecule has 0 amide bonds. The molecule has 1 N–H and O–H groups in total. The first kappa shape index (κ1) is 25.1. The van der Waals surface area contributed by atoms with Crippen LogP contribution in [0, 0.1) is 0 Å². The van der Waals surface area contributed by atoms with Crippen LogP contribution in [0.1, 0.15) is 26.3 Å². The number of benzene rings is 3. The first-order valence-electron chi connectivity index (χ1n) is 11.8. The van der Waals surface area contributed by atoms with E-state index in [2.05, 4.69) is 135 Å². The Balaban J connectivity index is 2.00. The third-order valence-corrected chi connectivity index (χ3v) is 7.72. The van der Waals surface area contributed by atoms with E-state index in [4.69, 9.17) is 0 Å². The number of hydrogen-bond donors (Lipinski definition) is 1. The Morgan fingerprint density at radius 2 is 1.60 bits per heavy atom. The zero-order valence-corrected chi connectivity index (χ0v) is 22.8. The predicted octanol–water partition coefficient (Wildman–Crippen LogP) is 7.85. The molecule has 0 atom stereocenters. The van der Waals surface area contributed by atoms with Gasteiger partial charge in [-0.2, -0.15) is 0 Å². The standard InChI is InChI=1S/C30H34N3S2/c1-7-13-22-14-11-12-17-26(22)33-27(23-18-20-24(21-19-23)32(5)6)28(31-30(2,3)4)35-29(33)34-25-15-9-8-10-16-25/h7-12,14-21,31H,1,13H2,2-6H3/q+1. The lowest BCUT2D eigenvalue weighted by Crippen LogP contribution is -2.35. The number of aromatic nitrogens is 1. The van der Waals surface area contributed by atoms with Gasteiger partial charge in [-0.15, -0.1) is 11.1 Å². The molecule has 4 aromatic rings. The second-order valence-corrected chi connectivity index (χ2v) is 12.1. The highest BCUT2D eigenvalue weighted by Crippen LogP contribution is 2.41. The average molecular weight is 501 g/mol. The Hall–Kier alpha value is -3.02. The van der Waals surface area contributed by atoms with Crippen molar-refractivity contribution in [2.45, 2.75) is 42.0 Å². The van der Waals surface area contributed by atoms with E-state index in [9.17, 15) is 0 Å². The molecule has 4 rings (SSSR count). The first-order chi connectivity index (χ1) is 16.8. The summed E-state index contributed by atoms with van der Waals surface area (Å²) in [4.78, 5) is 3.36. The monoisotopic (exact) mass is 500 g/mol. The number of para-hydroxylation sites is 1. The number of rotatable bonds is 8. The lowest BCUT2D eigenvalue weighted by Gasteiger charge is -2.20. The van der Waals surface area contributed by atoms with Crippen LogP contribution in [0.15, 0.2) is 101 Å². The van der Waals surface area contributed by atoms with Crippen molar-refractivity contribution in [1.29, 1.82) is 0 Å². The van der Waals surface area contributed by atoms with E-state index < -0.39 is 0 Å². The maximum absolute atomic E-state index is 4.01. The molecular formula is C30H34N3S2+. The second-order valence-electron chi connectivity index (χ2n) is 9.73. The van der Waals surface area contributed by atoms with Gasteiger partial charge in [-0.1, -0.05) is 42.5 Å². The molecule has 3 aromatic carbocycles. The fraction of sp³-hybridized carbons (Fsp3) is 0.233. The normalized spacial score (nSPS) is 11.3. The predicted molar refractivity (Wildman–Crippen MR) is 153 cm³/mol. The van der Waals surface area contributed by atoms with Gasteiger partial charge in [-0.05, 0) is 86.7 Å². The Morgan fingerprint density at radius 3 is 2.23 bits per heavy atom. The fourth-order valence-corrected chi connectivity index (χ4v) is 6.51. The highest BCUT2D eigenvalue weighted by Gasteiger charge is 2.33. The molecule has 0 fully saturated rings. The van der Waals surface area contributed by atoms with Crippen LogP contribution in [0.4, 0.5) is 10.7 Å². The van der Waals surface area contributed by atoms with E-state index in [1.54, 1.807) is 11.8 Å². The molecule has 1 heterocycles. The Kier molecular flexibility index (Phi) is 7.68. The summed E-state index contributed by atoms with van der Waals surface area (Å²) in [5, 5.41) is 4.98. The minimum absolute atomic E-state index is 0.0731. The molecule has 5 heteroatoms. The molecule has 0 aliphatic rings. The van der Waals surface area contributed by atoms with Crippen LogP contribution in [-0.2, 0) is 6.42 Å². The minimum atomic E-state index is -0.0731. The highest BCUT2D eigenvalue weighted by atomic mass is 32.2. The molecule has 1 aromatic heterocycles. The van der Waals surface area contributed by atoms with Gasteiger partial charge in [-0.25, -0.2) is 0 Å². The lowest BCUT2D eigenvalue weighted by molar-refractivity contribution is -0.617. The molecule has 0 unspecified atom stereocenters. The molecule has 0 saturated carbocycles. The summed E-state index contributed by atoms with van der Waals surface area (Å²) in [7, 11) is 4.15. The van der Waals surface area contributed by atoms with E-state index in [1.807, 2.05) is 17.4 Å². The molecular weight excluding hydrogens is 466 g/mol. The topological polar surface area (TPSA) is 19.1 Å². The zero-order valence-electron chi connectivity index (χ0n) is 21.2. The summed E-state index contributed by atoms with van der Waals surface area (Å²) >= 11 is 3.62. The Bertz CT molecular complexity index is 1280. The average Bonchev–Trinajstić information content (AvgIpc) is 3.16. The Morgan fingerprint density at radius 1 is 0.943 bits per heavy atom. The lowest BCUT2D eigenvalue weighted by atomic mass is 10.1. The van der Waals surface area contributed by atoms with E-state index in [1.165, 1.54) is 42.4 Å². The zero-order chi connectivity index (χ0) is 25.0. The van der Waals surface area contributed by atoms with Crippen molar-refractivity contribution in [2.24, 2.45) is 0 Å². The molecule has 0 aliphatic heterocycles. The van der Waals surface area contributed by atoms with Crippen molar-refractivity contribution in [3.8, 4) is 16.9 Å². The second kappa shape index (κ2) is 10.7. The van der Waals surface area contributed by atoms with E-state index in [0.717, 1.165) is 6.42 Å². The number of allylic oxidation sites excluding steroid dienone is 1. The highest BCUT2D eigenvalue weighted by molar-refractivity contribution is 8.01. The third kappa shape index (κ3) is 5.98. The first-order valence-corrected chi connectivity index (χ1v) is 13.5. The van der Waals surface area contributed by atoms with Crippen molar-refractivity contribution in [2.75, 3.05) is 24.3 Å². The number of hydrogen-bond acceptors (Lipinski definition) is 4. The molecule has 180 valence electrons. The van der Waals surface area contributed by atoms with Gasteiger partial charge in [0.2, 0.25) is 5.69 Å². The third-order valence-electron chi connectivity index (χ3n) is 5.50. The van der Waals surface area contributed by atoms with Crippen molar-refractivity contribution in [3.05, 3.63) is 97.1 Å². The van der Waals surface area contributed by atoms with Crippen molar-refractivity contribution >= 4 is 33.8 Å². The molecule has 0 radical (unpaired) electrons. The molecule has 0 bridgehead atoms. The summed E-state index contributed by atoms with van der Waals surface area (Å²) in [6, 6.07) is 28.1. The van der Waals surface area contributed by atoms with Gasteiger partial charge in [-0.3, -0.25) is 0 Å². The molecule has 0 aliphatic carbocycles. The van der Waals surface area contributed by atoms with Crippen LogP contribution in [0.5, 0.6) is 0 Å². The van der Waals surface area contributed by atoms with Gasteiger partial charge in [0.15, 0.2) is 5.00 Å². The number of nitrogens with one attached hydrogen (secondary N) is 1. The van der Waals surface area contributed by atoms with Gasteiger partial charge in [0.1, 0.15) is 0 Å². The van der Waals surface area contributed by atoms with Gasteiger partial charge in [0.25, 0.3) is 5.69 Å². The van der Waals surface area contributed by atoms with E-state index in [-0.39, 0.29) is 5.54 Å². The molecule has 35 heavy (non-hydrogen) atoms. The minimum Gasteiger partial charge on any atom is -0.378 e. The number of nitrogens with zero attached hydrogens (tertiary/aromatic N) is 2.